The Morgan fingerprint density at radius 2 is 2.08 bits per heavy atom. The number of hydrogen-bond acceptors (Lipinski definition) is 2. The molecule has 2 aliphatic rings. The predicted octanol–water partition coefficient (Wildman–Crippen LogP) is 1.68. The second-order valence-electron chi connectivity index (χ2n) is 4.28. The van der Waals surface area contributed by atoms with Crippen molar-refractivity contribution >= 4 is 5.78 Å². The van der Waals surface area contributed by atoms with Gasteiger partial charge in [0.25, 0.3) is 0 Å². The molecule has 3 atom stereocenters. The topological polar surface area (TPSA) is 37.3 Å². The Kier molecular flexibility index (Phi) is 2.24. The Bertz CT molecular complexity index is 244. The number of aliphatic hydroxyl groups excluding tert-OH is 1. The maximum atomic E-state index is 11.5. The lowest BCUT2D eigenvalue weighted by Crippen LogP contribution is -2.32. The van der Waals surface area contributed by atoms with Crippen molar-refractivity contribution in [1.29, 1.82) is 0 Å². The van der Waals surface area contributed by atoms with Crippen molar-refractivity contribution in [3.63, 3.8) is 0 Å². The third kappa shape index (κ3) is 1.68. The SMILES string of the molecule is C=C1C[C@H]1[C@@H](O)[C@@H]1CCCCC1=O. The minimum atomic E-state index is -0.430. The standard InChI is InChI=1S/C11H16O2/c1-7-6-9(7)11(13)8-4-2-3-5-10(8)12/h8-9,11,13H,1-6H2/t8-,9-,11+/m1/s1. The number of hydrogen-bond donors (Lipinski definition) is 1. The van der Waals surface area contributed by atoms with Gasteiger partial charge in [0, 0.05) is 18.3 Å². The largest absolute Gasteiger partial charge is 0.392 e. The first-order valence-corrected chi connectivity index (χ1v) is 5.08. The molecule has 0 aliphatic heterocycles. The quantitative estimate of drug-likeness (QED) is 0.656. The smallest absolute Gasteiger partial charge is 0.138 e. The van der Waals surface area contributed by atoms with Crippen molar-refractivity contribution in [1.82, 2.24) is 0 Å². The average molecular weight is 180 g/mol. The molecule has 72 valence electrons. The van der Waals surface area contributed by atoms with Crippen LogP contribution in [-0.4, -0.2) is 17.0 Å². The zero-order chi connectivity index (χ0) is 9.42. The third-order valence-electron chi connectivity index (χ3n) is 3.27. The summed E-state index contributed by atoms with van der Waals surface area (Å²) in [5, 5.41) is 9.87. The fourth-order valence-corrected chi connectivity index (χ4v) is 2.24. The monoisotopic (exact) mass is 180 g/mol. The number of Topliss-reactive ketones (excluding diaryl/α,β-unsaturated/α-hetero) is 1. The molecule has 2 fully saturated rings. The molecule has 0 aromatic rings. The van der Waals surface area contributed by atoms with Gasteiger partial charge in [-0.25, -0.2) is 0 Å². The number of aliphatic hydroxyl groups is 1. The summed E-state index contributed by atoms with van der Waals surface area (Å²) in [6.07, 6.45) is 4.14. The molecule has 0 heterocycles. The molecule has 0 aromatic heterocycles. The highest BCUT2D eigenvalue weighted by Gasteiger charge is 2.41. The summed E-state index contributed by atoms with van der Waals surface area (Å²) in [5.74, 6) is 0.406. The van der Waals surface area contributed by atoms with Crippen molar-refractivity contribution in [3.05, 3.63) is 12.2 Å². The summed E-state index contributed by atoms with van der Waals surface area (Å²) in [6, 6.07) is 0. The van der Waals surface area contributed by atoms with Gasteiger partial charge in [0.1, 0.15) is 5.78 Å². The van der Waals surface area contributed by atoms with Crippen LogP contribution in [0.3, 0.4) is 0 Å². The maximum Gasteiger partial charge on any atom is 0.138 e. The van der Waals surface area contributed by atoms with Crippen molar-refractivity contribution in [3.8, 4) is 0 Å². The normalized spacial score (nSPS) is 36.1. The van der Waals surface area contributed by atoms with Crippen molar-refractivity contribution < 1.29 is 9.90 Å². The van der Waals surface area contributed by atoms with E-state index in [1.54, 1.807) is 0 Å². The fraction of sp³-hybridized carbons (Fsp3) is 0.727. The van der Waals surface area contributed by atoms with Crippen LogP contribution >= 0.6 is 0 Å². The lowest BCUT2D eigenvalue weighted by Gasteiger charge is -2.24. The molecule has 0 radical (unpaired) electrons. The Balaban J connectivity index is 1.97. The molecule has 0 saturated heterocycles. The number of carbonyl (C=O) groups is 1. The summed E-state index contributed by atoms with van der Waals surface area (Å²) >= 11 is 0. The minimum absolute atomic E-state index is 0.0852. The lowest BCUT2D eigenvalue weighted by atomic mass is 9.82. The van der Waals surface area contributed by atoms with E-state index in [0.29, 0.717) is 6.42 Å². The molecule has 0 amide bonds. The van der Waals surface area contributed by atoms with Gasteiger partial charge in [-0.15, -0.1) is 0 Å². The second kappa shape index (κ2) is 3.26. The second-order valence-corrected chi connectivity index (χ2v) is 4.28. The van der Waals surface area contributed by atoms with Gasteiger partial charge in [-0.1, -0.05) is 18.6 Å². The van der Waals surface area contributed by atoms with Crippen molar-refractivity contribution in [2.45, 2.75) is 38.2 Å². The summed E-state index contributed by atoms with van der Waals surface area (Å²) < 4.78 is 0. The van der Waals surface area contributed by atoms with E-state index < -0.39 is 6.10 Å². The molecule has 2 saturated carbocycles. The van der Waals surface area contributed by atoms with E-state index in [9.17, 15) is 9.90 Å². The highest BCUT2D eigenvalue weighted by Crippen LogP contribution is 2.43. The van der Waals surface area contributed by atoms with Gasteiger partial charge in [0.05, 0.1) is 6.10 Å². The Morgan fingerprint density at radius 3 is 2.62 bits per heavy atom. The molecule has 0 aromatic carbocycles. The van der Waals surface area contributed by atoms with Crippen LogP contribution in [0.1, 0.15) is 32.1 Å². The van der Waals surface area contributed by atoms with Gasteiger partial charge < -0.3 is 5.11 Å². The highest BCUT2D eigenvalue weighted by atomic mass is 16.3. The maximum absolute atomic E-state index is 11.5. The fourth-order valence-electron chi connectivity index (χ4n) is 2.24. The van der Waals surface area contributed by atoms with Crippen LogP contribution in [0.5, 0.6) is 0 Å². The first-order valence-electron chi connectivity index (χ1n) is 5.08. The summed E-state index contributed by atoms with van der Waals surface area (Å²) in [6.45, 7) is 3.82. The molecule has 13 heavy (non-hydrogen) atoms. The van der Waals surface area contributed by atoms with E-state index in [1.807, 2.05) is 0 Å². The Labute approximate surface area is 78.6 Å². The summed E-state index contributed by atoms with van der Waals surface area (Å²) in [4.78, 5) is 11.5. The van der Waals surface area contributed by atoms with Gasteiger partial charge in [-0.2, -0.15) is 0 Å². The highest BCUT2D eigenvalue weighted by molar-refractivity contribution is 5.82. The van der Waals surface area contributed by atoms with Crippen LogP contribution in [-0.2, 0) is 4.79 Å². The van der Waals surface area contributed by atoms with Gasteiger partial charge in [-0.3, -0.25) is 4.79 Å². The van der Waals surface area contributed by atoms with Crippen LogP contribution in [0.15, 0.2) is 12.2 Å². The Hall–Kier alpha value is -0.630. The van der Waals surface area contributed by atoms with Crippen molar-refractivity contribution in [2.75, 3.05) is 0 Å². The average Bonchev–Trinajstić information content (AvgIpc) is 2.82. The van der Waals surface area contributed by atoms with Crippen LogP contribution < -0.4 is 0 Å². The molecule has 2 nitrogen and oxygen atoms in total. The van der Waals surface area contributed by atoms with Gasteiger partial charge >= 0.3 is 0 Å². The summed E-state index contributed by atoms with van der Waals surface area (Å²) in [5.41, 5.74) is 1.12. The van der Waals surface area contributed by atoms with Gasteiger partial charge in [0.15, 0.2) is 0 Å². The number of carbonyl (C=O) groups excluding carboxylic acids is 1. The molecule has 0 spiro atoms. The molecule has 1 N–H and O–H groups in total. The van der Waals surface area contributed by atoms with Gasteiger partial charge in [-0.05, 0) is 19.3 Å². The first-order chi connectivity index (χ1) is 6.20. The van der Waals surface area contributed by atoms with E-state index in [-0.39, 0.29) is 17.6 Å². The van der Waals surface area contributed by atoms with Crippen LogP contribution in [0.2, 0.25) is 0 Å². The van der Waals surface area contributed by atoms with E-state index in [4.69, 9.17) is 0 Å². The molecular formula is C11H16O2. The third-order valence-corrected chi connectivity index (χ3v) is 3.27. The van der Waals surface area contributed by atoms with Crippen LogP contribution in [0, 0.1) is 11.8 Å². The van der Waals surface area contributed by atoms with Crippen LogP contribution in [0.4, 0.5) is 0 Å². The summed E-state index contributed by atoms with van der Waals surface area (Å²) in [7, 11) is 0. The first kappa shape index (κ1) is 8.95. The molecule has 2 aliphatic carbocycles. The Morgan fingerprint density at radius 1 is 1.38 bits per heavy atom. The molecule has 2 rings (SSSR count). The number of ketones is 1. The zero-order valence-electron chi connectivity index (χ0n) is 7.83. The lowest BCUT2D eigenvalue weighted by molar-refractivity contribution is -0.128. The van der Waals surface area contributed by atoms with Crippen LogP contribution in [0.25, 0.3) is 0 Å². The van der Waals surface area contributed by atoms with E-state index >= 15 is 0 Å². The number of rotatable bonds is 2. The molecular weight excluding hydrogens is 164 g/mol. The molecule has 0 bridgehead atoms. The van der Waals surface area contributed by atoms with Gasteiger partial charge in [0.2, 0.25) is 0 Å². The van der Waals surface area contributed by atoms with E-state index in [0.717, 1.165) is 31.3 Å². The van der Waals surface area contributed by atoms with E-state index in [2.05, 4.69) is 6.58 Å². The zero-order valence-corrected chi connectivity index (χ0v) is 7.83. The molecule has 0 unspecified atom stereocenters. The van der Waals surface area contributed by atoms with Crippen molar-refractivity contribution in [2.24, 2.45) is 11.8 Å². The minimum Gasteiger partial charge on any atom is -0.392 e. The predicted molar refractivity (Wildman–Crippen MR) is 50.2 cm³/mol. The van der Waals surface area contributed by atoms with E-state index in [1.165, 1.54) is 0 Å². The molecule has 2 heteroatoms.